The number of H-pyrrole nitrogens is 1. The van der Waals surface area contributed by atoms with Crippen molar-refractivity contribution >= 4 is 11.6 Å². The lowest BCUT2D eigenvalue weighted by molar-refractivity contribution is 0.0764. The molecule has 0 bridgehead atoms. The first kappa shape index (κ1) is 16.2. The maximum atomic E-state index is 13.0. The number of hydrogen-bond acceptors (Lipinski definition) is 4. The maximum absolute atomic E-state index is 13.0. The molecule has 24 heavy (non-hydrogen) atoms. The summed E-state index contributed by atoms with van der Waals surface area (Å²) in [4.78, 5) is 34.9. The summed E-state index contributed by atoms with van der Waals surface area (Å²) in [5.41, 5.74) is 0.587. The summed E-state index contributed by atoms with van der Waals surface area (Å²) in [5.74, 6) is -0.0870. The van der Waals surface area contributed by atoms with Crippen LogP contribution in [-0.4, -0.2) is 47.0 Å². The smallest absolute Gasteiger partial charge is 0.263 e. The molecule has 126 valence electrons. The van der Waals surface area contributed by atoms with E-state index in [4.69, 9.17) is 0 Å². The average Bonchev–Trinajstić information content (AvgIpc) is 2.81. The molecule has 1 aromatic carbocycles. The van der Waals surface area contributed by atoms with Crippen LogP contribution in [-0.2, 0) is 0 Å². The summed E-state index contributed by atoms with van der Waals surface area (Å²) >= 11 is 0. The van der Waals surface area contributed by atoms with Gasteiger partial charge in [0.05, 0.1) is 0 Å². The summed E-state index contributed by atoms with van der Waals surface area (Å²) in [7, 11) is 0. The molecule has 0 atom stereocenters. The maximum Gasteiger partial charge on any atom is 0.263 e. The molecule has 6 nitrogen and oxygen atoms in total. The van der Waals surface area contributed by atoms with Crippen molar-refractivity contribution in [3.63, 3.8) is 0 Å². The Hall–Kier alpha value is -2.70. The molecular weight excluding hydrogens is 311 g/mol. The summed E-state index contributed by atoms with van der Waals surface area (Å²) in [5, 5.41) is 0. The largest absolute Gasteiger partial charge is 0.370 e. The van der Waals surface area contributed by atoms with Gasteiger partial charge >= 0.3 is 0 Å². The standard InChI is InChI=1S/C17H19FN4O2/c1-12-19-11-15(16(23)20-12)17(24)22-8-2-7-21(9-10-22)14-5-3-13(18)4-6-14/h3-6,11H,2,7-10H2,1H3,(H,19,20,23). The van der Waals surface area contributed by atoms with Gasteiger partial charge in [-0.25, -0.2) is 9.37 Å². The van der Waals surface area contributed by atoms with E-state index in [1.807, 2.05) is 0 Å². The van der Waals surface area contributed by atoms with E-state index < -0.39 is 5.56 Å². The van der Waals surface area contributed by atoms with Gasteiger partial charge < -0.3 is 14.8 Å². The molecule has 0 aliphatic carbocycles. The van der Waals surface area contributed by atoms with Crippen LogP contribution in [0, 0.1) is 12.7 Å². The van der Waals surface area contributed by atoms with Crippen LogP contribution < -0.4 is 10.5 Å². The minimum absolute atomic E-state index is 0.0656. The normalized spacial score (nSPS) is 15.2. The van der Waals surface area contributed by atoms with Gasteiger partial charge in [0, 0.05) is 38.1 Å². The van der Waals surface area contributed by atoms with Gasteiger partial charge in [-0.1, -0.05) is 0 Å². The molecule has 1 amide bonds. The number of amides is 1. The van der Waals surface area contributed by atoms with E-state index in [1.54, 1.807) is 24.0 Å². The van der Waals surface area contributed by atoms with Crippen molar-refractivity contribution in [2.75, 3.05) is 31.1 Å². The van der Waals surface area contributed by atoms with E-state index in [1.165, 1.54) is 18.3 Å². The van der Waals surface area contributed by atoms with Crippen LogP contribution in [0.15, 0.2) is 35.3 Å². The summed E-state index contributed by atoms with van der Waals surface area (Å²) < 4.78 is 13.0. The SMILES string of the molecule is Cc1ncc(C(=O)N2CCCN(c3ccc(F)cc3)CC2)c(=O)[nH]1. The van der Waals surface area contributed by atoms with Crippen LogP contribution in [0.2, 0.25) is 0 Å². The first-order valence-electron chi connectivity index (χ1n) is 7.90. The van der Waals surface area contributed by atoms with Crippen LogP contribution in [0.4, 0.5) is 10.1 Å². The van der Waals surface area contributed by atoms with Gasteiger partial charge in [0.1, 0.15) is 17.2 Å². The van der Waals surface area contributed by atoms with E-state index in [0.29, 0.717) is 25.5 Å². The van der Waals surface area contributed by atoms with Crippen molar-refractivity contribution in [3.05, 3.63) is 58.0 Å². The zero-order valence-corrected chi connectivity index (χ0v) is 13.5. The van der Waals surface area contributed by atoms with Crippen molar-refractivity contribution < 1.29 is 9.18 Å². The number of anilines is 1. The third kappa shape index (κ3) is 3.45. The third-order valence-corrected chi connectivity index (χ3v) is 4.13. The van der Waals surface area contributed by atoms with Gasteiger partial charge in [0.2, 0.25) is 0 Å². The average molecular weight is 330 g/mol. The summed E-state index contributed by atoms with van der Waals surface area (Å²) in [6, 6.07) is 6.34. The lowest BCUT2D eigenvalue weighted by Crippen LogP contribution is -2.38. The van der Waals surface area contributed by atoms with Crippen molar-refractivity contribution in [1.82, 2.24) is 14.9 Å². The number of nitrogens with zero attached hydrogens (tertiary/aromatic N) is 3. The van der Waals surface area contributed by atoms with Crippen molar-refractivity contribution in [2.45, 2.75) is 13.3 Å². The molecule has 1 saturated heterocycles. The second kappa shape index (κ2) is 6.82. The second-order valence-electron chi connectivity index (χ2n) is 5.82. The number of rotatable bonds is 2. The monoisotopic (exact) mass is 330 g/mol. The highest BCUT2D eigenvalue weighted by atomic mass is 19.1. The number of nitrogens with one attached hydrogen (secondary N) is 1. The fourth-order valence-corrected chi connectivity index (χ4v) is 2.84. The number of aromatic nitrogens is 2. The van der Waals surface area contributed by atoms with E-state index in [9.17, 15) is 14.0 Å². The van der Waals surface area contributed by atoms with E-state index in [2.05, 4.69) is 14.9 Å². The lowest BCUT2D eigenvalue weighted by atomic mass is 10.2. The summed E-state index contributed by atoms with van der Waals surface area (Å²) in [6.45, 7) is 4.15. The number of aromatic amines is 1. The number of benzene rings is 1. The highest BCUT2D eigenvalue weighted by Gasteiger charge is 2.22. The zero-order chi connectivity index (χ0) is 17.1. The minimum Gasteiger partial charge on any atom is -0.370 e. The molecule has 1 N–H and O–H groups in total. The van der Waals surface area contributed by atoms with Crippen LogP contribution in [0.25, 0.3) is 0 Å². The molecule has 7 heteroatoms. The van der Waals surface area contributed by atoms with Gasteiger partial charge in [-0.15, -0.1) is 0 Å². The Morgan fingerprint density at radius 2 is 1.92 bits per heavy atom. The highest BCUT2D eigenvalue weighted by molar-refractivity contribution is 5.93. The lowest BCUT2D eigenvalue weighted by Gasteiger charge is -2.23. The molecule has 1 fully saturated rings. The predicted molar refractivity (Wildman–Crippen MR) is 88.7 cm³/mol. The fraction of sp³-hybridized carbons (Fsp3) is 0.353. The Balaban J connectivity index is 1.72. The Morgan fingerprint density at radius 1 is 1.17 bits per heavy atom. The summed E-state index contributed by atoms with van der Waals surface area (Å²) in [6.07, 6.45) is 2.11. The molecule has 2 aromatic rings. The molecule has 1 aromatic heterocycles. The van der Waals surface area contributed by atoms with E-state index >= 15 is 0 Å². The number of carbonyl (C=O) groups excluding carboxylic acids is 1. The van der Waals surface area contributed by atoms with Crippen LogP contribution in [0.3, 0.4) is 0 Å². The fourth-order valence-electron chi connectivity index (χ4n) is 2.84. The number of carbonyl (C=O) groups is 1. The van der Waals surface area contributed by atoms with Gasteiger partial charge in [-0.3, -0.25) is 9.59 Å². The van der Waals surface area contributed by atoms with E-state index in [-0.39, 0.29) is 17.3 Å². The molecule has 3 rings (SSSR count). The number of halogens is 1. The third-order valence-electron chi connectivity index (χ3n) is 4.13. The van der Waals surface area contributed by atoms with Crippen molar-refractivity contribution in [2.24, 2.45) is 0 Å². The molecule has 2 heterocycles. The van der Waals surface area contributed by atoms with Crippen LogP contribution >= 0.6 is 0 Å². The number of aryl methyl sites for hydroxylation is 1. The zero-order valence-electron chi connectivity index (χ0n) is 13.5. The first-order valence-corrected chi connectivity index (χ1v) is 7.90. The second-order valence-corrected chi connectivity index (χ2v) is 5.82. The molecule has 1 aliphatic heterocycles. The first-order chi connectivity index (χ1) is 11.5. The van der Waals surface area contributed by atoms with Gasteiger partial charge in [-0.2, -0.15) is 0 Å². The highest BCUT2D eigenvalue weighted by Crippen LogP contribution is 2.17. The quantitative estimate of drug-likeness (QED) is 0.907. The molecule has 0 radical (unpaired) electrons. The Morgan fingerprint density at radius 3 is 2.62 bits per heavy atom. The van der Waals surface area contributed by atoms with Crippen LogP contribution in [0.1, 0.15) is 22.6 Å². The van der Waals surface area contributed by atoms with E-state index in [0.717, 1.165) is 18.7 Å². The molecular formula is C17H19FN4O2. The molecule has 0 saturated carbocycles. The Bertz CT molecular complexity index is 788. The number of hydrogen-bond donors (Lipinski definition) is 1. The predicted octanol–water partition coefficient (Wildman–Crippen LogP) is 1.57. The van der Waals surface area contributed by atoms with Gasteiger partial charge in [-0.05, 0) is 37.6 Å². The van der Waals surface area contributed by atoms with Gasteiger partial charge in [0.25, 0.3) is 11.5 Å². The van der Waals surface area contributed by atoms with Crippen LogP contribution in [0.5, 0.6) is 0 Å². The molecule has 1 aliphatic rings. The Kier molecular flexibility index (Phi) is 4.59. The van der Waals surface area contributed by atoms with Crippen molar-refractivity contribution in [1.29, 1.82) is 0 Å². The van der Waals surface area contributed by atoms with Gasteiger partial charge in [0.15, 0.2) is 0 Å². The Labute approximate surface area is 138 Å². The molecule has 0 spiro atoms. The molecule has 0 unspecified atom stereocenters. The van der Waals surface area contributed by atoms with Crippen molar-refractivity contribution in [3.8, 4) is 0 Å². The minimum atomic E-state index is -0.410. The topological polar surface area (TPSA) is 69.3 Å².